The van der Waals surface area contributed by atoms with Crippen LogP contribution in [-0.2, 0) is 51.6 Å². The van der Waals surface area contributed by atoms with E-state index < -0.39 is 40.9 Å². The Morgan fingerprint density at radius 2 is 1.26 bits per heavy atom. The second kappa shape index (κ2) is 22.0. The first-order valence-corrected chi connectivity index (χ1v) is 19.7. The third kappa shape index (κ3) is 20.2. The van der Waals surface area contributed by atoms with Crippen molar-refractivity contribution in [2.75, 3.05) is 13.1 Å². The lowest BCUT2D eigenvalue weighted by Gasteiger charge is -2.26. The summed E-state index contributed by atoms with van der Waals surface area (Å²) >= 11 is 6.64. The zero-order valence-electron chi connectivity index (χ0n) is 36.9. The third-order valence-electron chi connectivity index (χ3n) is 7.71. The summed E-state index contributed by atoms with van der Waals surface area (Å²) in [7, 11) is 0. The highest BCUT2D eigenvalue weighted by atomic mass is 35.5. The van der Waals surface area contributed by atoms with E-state index in [-0.39, 0.29) is 59.9 Å². The summed E-state index contributed by atoms with van der Waals surface area (Å²) < 4.78 is 21.7. The molecule has 3 rings (SSSR count). The molecule has 0 saturated carbocycles. The highest BCUT2D eigenvalue weighted by Crippen LogP contribution is 2.26. The molecular weight excluding hydrogens is 808 g/mol. The van der Waals surface area contributed by atoms with Gasteiger partial charge in [0.2, 0.25) is 11.9 Å². The Bertz CT molecular complexity index is 2050. The number of benzene rings is 3. The lowest BCUT2D eigenvalue weighted by molar-refractivity contribution is -0.191. The zero-order valence-corrected chi connectivity index (χ0v) is 37.7. The molecule has 3 aromatic rings. The normalized spacial score (nSPS) is 11.4. The van der Waals surface area contributed by atoms with Gasteiger partial charge in [0.25, 0.3) is 0 Å². The average Bonchev–Trinajstić information content (AvgIpc) is 3.08. The summed E-state index contributed by atoms with van der Waals surface area (Å²) in [5.41, 5.74) is 0.659. The van der Waals surface area contributed by atoms with E-state index in [0.717, 1.165) is 11.1 Å². The van der Waals surface area contributed by atoms with Crippen molar-refractivity contribution in [3.63, 3.8) is 0 Å². The smallest absolute Gasteiger partial charge is 0.414 e. The van der Waals surface area contributed by atoms with Crippen LogP contribution in [0.3, 0.4) is 0 Å². The van der Waals surface area contributed by atoms with Crippen molar-refractivity contribution in [1.29, 1.82) is 0 Å². The first-order valence-electron chi connectivity index (χ1n) is 19.3. The van der Waals surface area contributed by atoms with Crippen molar-refractivity contribution in [2.45, 2.75) is 118 Å². The number of ether oxygens (including phenoxy) is 4. The molecule has 0 aliphatic heterocycles. The van der Waals surface area contributed by atoms with E-state index in [1.807, 2.05) is 24.3 Å². The number of nitrogens with one attached hydrogen (secondary N) is 2. The molecule has 16 heteroatoms. The maximum atomic E-state index is 13.6. The van der Waals surface area contributed by atoms with Crippen molar-refractivity contribution in [2.24, 2.45) is 4.99 Å². The van der Waals surface area contributed by atoms with Gasteiger partial charge in [0.05, 0.1) is 17.7 Å². The van der Waals surface area contributed by atoms with Gasteiger partial charge in [-0.05, 0) is 127 Å². The largest absolute Gasteiger partial charge is 0.459 e. The Labute approximate surface area is 362 Å². The molecule has 61 heavy (non-hydrogen) atoms. The molecular formula is C45H57ClN4O11. The van der Waals surface area contributed by atoms with Crippen LogP contribution in [0.15, 0.2) is 71.7 Å². The molecule has 2 N–H and O–H groups in total. The predicted molar refractivity (Wildman–Crippen MR) is 229 cm³/mol. The number of amides is 3. The number of halogens is 1. The van der Waals surface area contributed by atoms with E-state index in [2.05, 4.69) is 36.4 Å². The van der Waals surface area contributed by atoms with Crippen LogP contribution < -0.4 is 15.4 Å². The van der Waals surface area contributed by atoms with Crippen LogP contribution in [0.25, 0.3) is 0 Å². The van der Waals surface area contributed by atoms with E-state index in [4.69, 9.17) is 40.1 Å². The molecule has 0 aliphatic rings. The molecule has 0 radical (unpaired) electrons. The van der Waals surface area contributed by atoms with Crippen LogP contribution in [-0.4, -0.2) is 76.9 Å². The first-order chi connectivity index (χ1) is 28.1. The van der Waals surface area contributed by atoms with Crippen LogP contribution >= 0.6 is 11.6 Å². The zero-order chi connectivity index (χ0) is 46.3. The van der Waals surface area contributed by atoms with Crippen molar-refractivity contribution in [3.8, 4) is 5.75 Å². The number of alkyl carbamates (subject to hydrolysis) is 2. The highest BCUT2D eigenvalue weighted by Gasteiger charge is 2.25. The number of carbonyl (C=O) groups is 5. The van der Waals surface area contributed by atoms with Gasteiger partial charge in [-0.1, -0.05) is 62.7 Å². The Balaban J connectivity index is 0.00000414. The van der Waals surface area contributed by atoms with E-state index in [1.165, 1.54) is 35.2 Å². The van der Waals surface area contributed by atoms with E-state index in [0.29, 0.717) is 17.0 Å². The topological polar surface area (TPSA) is 196 Å². The number of esters is 2. The van der Waals surface area contributed by atoms with Gasteiger partial charge in [-0.15, -0.1) is 0 Å². The van der Waals surface area contributed by atoms with Gasteiger partial charge in [0.15, 0.2) is 0 Å². The quantitative estimate of drug-likeness (QED) is 0.0655. The summed E-state index contributed by atoms with van der Waals surface area (Å²) in [5, 5.41) is 5.11. The van der Waals surface area contributed by atoms with Gasteiger partial charge in [0, 0.05) is 11.6 Å². The Morgan fingerprint density at radius 1 is 0.721 bits per heavy atom. The van der Waals surface area contributed by atoms with E-state index in [1.54, 1.807) is 74.4 Å². The monoisotopic (exact) mass is 864 g/mol. The van der Waals surface area contributed by atoms with Crippen LogP contribution in [0, 0.1) is 0 Å². The first kappa shape index (κ1) is 51.1. The third-order valence-corrected chi connectivity index (χ3v) is 8.06. The molecule has 0 saturated heterocycles. The predicted octanol–water partition coefficient (Wildman–Crippen LogP) is 8.27. The summed E-state index contributed by atoms with van der Waals surface area (Å²) in [5.74, 6) is -1.50. The number of aliphatic imine (C=N–C) groups is 1. The molecule has 0 fully saturated rings. The second-order valence-corrected chi connectivity index (χ2v) is 18.2. The van der Waals surface area contributed by atoms with Gasteiger partial charge >= 0.3 is 30.3 Å². The molecule has 0 heterocycles. The molecule has 0 spiro atoms. The Hall–Kier alpha value is -6.05. The maximum Gasteiger partial charge on any atom is 0.414 e. The minimum absolute atomic E-state index is 0.0936. The molecule has 3 aromatic carbocycles. The van der Waals surface area contributed by atoms with Crippen molar-refractivity contribution >= 4 is 59.4 Å². The number of carbonyl (C=O) groups excluding carboxylic acids is 7. The molecule has 3 amide bonds. The van der Waals surface area contributed by atoms with Crippen LogP contribution in [0.4, 0.5) is 15.3 Å². The molecule has 0 bridgehead atoms. The van der Waals surface area contributed by atoms with Crippen molar-refractivity contribution in [1.82, 2.24) is 15.5 Å². The number of nitrogens with zero attached hydrogens (tertiary/aromatic N) is 2. The van der Waals surface area contributed by atoms with Gasteiger partial charge in [-0.3, -0.25) is 20.2 Å². The number of hydrogen-bond acceptors (Lipinski definition) is 12. The molecule has 15 nitrogen and oxygen atoms in total. The number of guanidine groups is 1. The van der Waals surface area contributed by atoms with Gasteiger partial charge < -0.3 is 23.8 Å². The second-order valence-electron chi connectivity index (χ2n) is 17.8. The van der Waals surface area contributed by atoms with Gasteiger partial charge in [0.1, 0.15) is 29.1 Å². The minimum Gasteiger partial charge on any atom is -0.459 e. The van der Waals surface area contributed by atoms with Crippen LogP contribution in [0.5, 0.6) is 5.75 Å². The lowest BCUT2D eigenvalue weighted by Crippen LogP contribution is -2.47. The van der Waals surface area contributed by atoms with Gasteiger partial charge in [-0.25, -0.2) is 19.4 Å². The van der Waals surface area contributed by atoms with Crippen molar-refractivity contribution < 1.29 is 52.5 Å². The lowest BCUT2D eigenvalue weighted by atomic mass is 9.86. The molecule has 0 aromatic heterocycles. The van der Waals surface area contributed by atoms with Crippen molar-refractivity contribution in [3.05, 3.63) is 94.0 Å². The van der Waals surface area contributed by atoms with E-state index in [9.17, 15) is 24.0 Å². The SMILES string of the molecule is CC(C)(C)OC(=O)CN(CCc1ccc(OC(=O)c2ccc(N=C(NC(=O)OC(C)(C)C)NC(=O)OC(C)(C)C)cc2)cc1Cl)C(=O)Cc1cccc(C(C)(C)C)c1.O=C=O. The average molecular weight is 865 g/mol. The molecule has 0 aliphatic carbocycles. The summed E-state index contributed by atoms with van der Waals surface area (Å²) in [6.07, 6.45) is -1.03. The number of hydrogen-bond donors (Lipinski definition) is 2. The standard InChI is InChI=1S/C44H57ClN4O9.CO2/c1-41(2,3)31-15-13-14-28(24-31)25-35(50)49(27-36(51)56-42(4,5)6)23-22-29-18-21-33(26-34(29)45)55-37(52)30-16-19-32(20-17-30)46-38(47-39(53)57-43(7,8)9)48-40(54)58-44(10,11)12;2-1-3/h13-21,24,26H,22-23,25,27H2,1-12H3,(H2,46,47,48,53,54);. The summed E-state index contributed by atoms with van der Waals surface area (Å²) in [6, 6.07) is 18.6. The molecule has 330 valence electrons. The summed E-state index contributed by atoms with van der Waals surface area (Å²) in [4.78, 5) is 86.4. The van der Waals surface area contributed by atoms with Gasteiger partial charge in [-0.2, -0.15) is 9.59 Å². The van der Waals surface area contributed by atoms with Crippen LogP contribution in [0.1, 0.15) is 110 Å². The molecule has 0 unspecified atom stereocenters. The fourth-order valence-corrected chi connectivity index (χ4v) is 5.43. The fraction of sp³-hybridized carbons (Fsp3) is 0.444. The summed E-state index contributed by atoms with van der Waals surface area (Å²) in [6.45, 7) is 21.7. The fourth-order valence-electron chi connectivity index (χ4n) is 5.16. The minimum atomic E-state index is -0.850. The highest BCUT2D eigenvalue weighted by molar-refractivity contribution is 6.31. The number of rotatable bonds is 10. The molecule has 0 atom stereocenters. The van der Waals surface area contributed by atoms with Crippen LogP contribution in [0.2, 0.25) is 5.02 Å². The Morgan fingerprint density at radius 3 is 1.75 bits per heavy atom. The Kier molecular flexibility index (Phi) is 18.4. The maximum absolute atomic E-state index is 13.6. The van der Waals surface area contributed by atoms with E-state index >= 15 is 0 Å².